The topological polar surface area (TPSA) is 70.8 Å². The van der Waals surface area contributed by atoms with Gasteiger partial charge in [-0.05, 0) is 38.5 Å². The number of aryl methyl sites for hydroxylation is 2. The van der Waals surface area contributed by atoms with Gasteiger partial charge >= 0.3 is 0 Å². The van der Waals surface area contributed by atoms with Gasteiger partial charge < -0.3 is 10.1 Å². The van der Waals surface area contributed by atoms with Crippen molar-refractivity contribution in [2.75, 3.05) is 11.9 Å². The van der Waals surface area contributed by atoms with Crippen molar-refractivity contribution in [3.8, 4) is 11.8 Å². The fraction of sp³-hybridized carbons (Fsp3) is 0.312. The maximum Gasteiger partial charge on any atom is 0.168 e. The number of benzene rings is 1. The van der Waals surface area contributed by atoms with E-state index in [1.54, 1.807) is 12.1 Å². The Kier molecular flexibility index (Phi) is 4.72. The lowest BCUT2D eigenvalue weighted by Crippen LogP contribution is -2.07. The number of anilines is 1. The van der Waals surface area contributed by atoms with Crippen molar-refractivity contribution in [3.05, 3.63) is 46.9 Å². The maximum absolute atomic E-state index is 8.93. The Labute approximate surface area is 124 Å². The van der Waals surface area contributed by atoms with E-state index in [0.717, 1.165) is 23.6 Å². The Morgan fingerprint density at radius 1 is 1.24 bits per heavy atom. The first-order valence-electron chi connectivity index (χ1n) is 6.84. The molecule has 2 rings (SSSR count). The van der Waals surface area contributed by atoms with Crippen molar-refractivity contribution in [1.29, 1.82) is 5.26 Å². The van der Waals surface area contributed by atoms with Crippen LogP contribution in [-0.2, 0) is 6.61 Å². The Bertz CT molecular complexity index is 676. The third-order valence-corrected chi connectivity index (χ3v) is 2.93. The van der Waals surface area contributed by atoms with Crippen LogP contribution in [0.15, 0.2) is 24.3 Å². The van der Waals surface area contributed by atoms with Crippen LogP contribution in [0.3, 0.4) is 0 Å². The van der Waals surface area contributed by atoms with Crippen LogP contribution < -0.4 is 10.1 Å². The first kappa shape index (κ1) is 14.8. The number of aromatic nitrogens is 2. The first-order chi connectivity index (χ1) is 10.1. The summed E-state index contributed by atoms with van der Waals surface area (Å²) in [6.07, 6.45) is 0. The molecule has 0 aliphatic rings. The highest BCUT2D eigenvalue weighted by Crippen LogP contribution is 2.20. The van der Waals surface area contributed by atoms with Crippen LogP contribution in [0, 0.1) is 25.2 Å². The SMILES string of the molecule is CCNc1cc(C)nc(COc2cc(C#N)ccc2C)n1. The first-order valence-corrected chi connectivity index (χ1v) is 6.84. The summed E-state index contributed by atoms with van der Waals surface area (Å²) in [6.45, 7) is 6.96. The molecule has 0 aliphatic carbocycles. The van der Waals surface area contributed by atoms with Gasteiger partial charge in [0.05, 0.1) is 11.6 Å². The summed E-state index contributed by atoms with van der Waals surface area (Å²) in [5, 5.41) is 12.1. The molecule has 5 nitrogen and oxygen atoms in total. The van der Waals surface area contributed by atoms with Gasteiger partial charge in [-0.2, -0.15) is 5.26 Å². The minimum Gasteiger partial charge on any atom is -0.485 e. The average molecular weight is 282 g/mol. The summed E-state index contributed by atoms with van der Waals surface area (Å²) in [4.78, 5) is 8.76. The highest BCUT2D eigenvalue weighted by Gasteiger charge is 2.06. The zero-order valence-electron chi connectivity index (χ0n) is 12.5. The lowest BCUT2D eigenvalue weighted by molar-refractivity contribution is 0.293. The second-order valence-electron chi connectivity index (χ2n) is 4.72. The number of hydrogen-bond acceptors (Lipinski definition) is 5. The number of nitriles is 1. The molecule has 0 aliphatic heterocycles. The highest BCUT2D eigenvalue weighted by molar-refractivity contribution is 5.42. The Balaban J connectivity index is 2.14. The smallest absolute Gasteiger partial charge is 0.168 e. The molecular formula is C16H18N4O. The molecule has 0 spiro atoms. The van der Waals surface area contributed by atoms with E-state index in [9.17, 15) is 0 Å². The standard InChI is InChI=1S/C16H18N4O/c1-4-18-15-7-12(3)19-16(20-15)10-21-14-8-13(9-17)6-5-11(14)2/h5-8H,4,10H2,1-3H3,(H,18,19,20). The summed E-state index contributed by atoms with van der Waals surface area (Å²) < 4.78 is 5.75. The van der Waals surface area contributed by atoms with E-state index in [-0.39, 0.29) is 6.61 Å². The quantitative estimate of drug-likeness (QED) is 0.912. The zero-order chi connectivity index (χ0) is 15.2. The van der Waals surface area contributed by atoms with Crippen LogP contribution in [0.2, 0.25) is 0 Å². The Hall–Kier alpha value is -2.61. The minimum absolute atomic E-state index is 0.274. The highest BCUT2D eigenvalue weighted by atomic mass is 16.5. The summed E-state index contributed by atoms with van der Waals surface area (Å²) >= 11 is 0. The molecule has 108 valence electrons. The van der Waals surface area contributed by atoms with E-state index in [0.29, 0.717) is 17.1 Å². The predicted molar refractivity (Wildman–Crippen MR) is 81.2 cm³/mol. The molecule has 1 aromatic heterocycles. The average Bonchev–Trinajstić information content (AvgIpc) is 2.46. The number of rotatable bonds is 5. The van der Waals surface area contributed by atoms with Crippen LogP contribution in [0.25, 0.3) is 0 Å². The zero-order valence-corrected chi connectivity index (χ0v) is 12.5. The third kappa shape index (κ3) is 3.93. The maximum atomic E-state index is 8.93. The fourth-order valence-electron chi connectivity index (χ4n) is 1.93. The molecule has 5 heteroatoms. The van der Waals surface area contributed by atoms with Gasteiger partial charge in [0.1, 0.15) is 18.2 Å². The molecule has 0 unspecified atom stereocenters. The predicted octanol–water partition coefficient (Wildman–Crippen LogP) is 2.98. The molecule has 0 radical (unpaired) electrons. The fourth-order valence-corrected chi connectivity index (χ4v) is 1.93. The van der Waals surface area contributed by atoms with E-state index in [1.807, 2.05) is 32.9 Å². The summed E-state index contributed by atoms with van der Waals surface area (Å²) in [6, 6.07) is 9.38. The van der Waals surface area contributed by atoms with Crippen molar-refractivity contribution in [1.82, 2.24) is 9.97 Å². The third-order valence-electron chi connectivity index (χ3n) is 2.93. The molecule has 21 heavy (non-hydrogen) atoms. The molecule has 1 N–H and O–H groups in total. The van der Waals surface area contributed by atoms with E-state index in [1.165, 1.54) is 0 Å². The second-order valence-corrected chi connectivity index (χ2v) is 4.72. The number of nitrogens with one attached hydrogen (secondary N) is 1. The van der Waals surface area contributed by atoms with Crippen molar-refractivity contribution in [2.24, 2.45) is 0 Å². The van der Waals surface area contributed by atoms with Crippen molar-refractivity contribution in [2.45, 2.75) is 27.4 Å². The largest absolute Gasteiger partial charge is 0.485 e. The van der Waals surface area contributed by atoms with Gasteiger partial charge in [0.15, 0.2) is 5.82 Å². The molecular weight excluding hydrogens is 264 g/mol. The van der Waals surface area contributed by atoms with E-state index in [2.05, 4.69) is 21.4 Å². The number of ether oxygens (including phenoxy) is 1. The molecule has 0 saturated heterocycles. The lowest BCUT2D eigenvalue weighted by Gasteiger charge is -2.10. The Morgan fingerprint density at radius 2 is 2.05 bits per heavy atom. The molecule has 0 fully saturated rings. The molecule has 0 amide bonds. The van der Waals surface area contributed by atoms with E-state index < -0.39 is 0 Å². The lowest BCUT2D eigenvalue weighted by atomic mass is 10.1. The summed E-state index contributed by atoms with van der Waals surface area (Å²) in [7, 11) is 0. The molecule has 0 bridgehead atoms. The Morgan fingerprint density at radius 3 is 2.76 bits per heavy atom. The number of nitrogens with zero attached hydrogens (tertiary/aromatic N) is 3. The van der Waals surface area contributed by atoms with Gasteiger partial charge in [-0.25, -0.2) is 9.97 Å². The van der Waals surface area contributed by atoms with Gasteiger partial charge in [0.2, 0.25) is 0 Å². The van der Waals surface area contributed by atoms with Gasteiger partial charge in [0, 0.05) is 18.3 Å². The van der Waals surface area contributed by atoms with Crippen molar-refractivity contribution in [3.63, 3.8) is 0 Å². The molecule has 0 saturated carbocycles. The van der Waals surface area contributed by atoms with Gasteiger partial charge in [-0.3, -0.25) is 0 Å². The van der Waals surface area contributed by atoms with E-state index in [4.69, 9.17) is 10.00 Å². The number of hydrogen-bond donors (Lipinski definition) is 1. The van der Waals surface area contributed by atoms with Gasteiger partial charge in [-0.15, -0.1) is 0 Å². The van der Waals surface area contributed by atoms with Gasteiger partial charge in [0.25, 0.3) is 0 Å². The van der Waals surface area contributed by atoms with Crippen LogP contribution in [0.5, 0.6) is 5.75 Å². The molecule has 1 heterocycles. The molecule has 0 atom stereocenters. The molecule has 1 aromatic carbocycles. The van der Waals surface area contributed by atoms with Crippen molar-refractivity contribution < 1.29 is 4.74 Å². The molecule has 2 aromatic rings. The van der Waals surface area contributed by atoms with Crippen LogP contribution >= 0.6 is 0 Å². The van der Waals surface area contributed by atoms with Crippen molar-refractivity contribution >= 4 is 5.82 Å². The normalized spacial score (nSPS) is 10.0. The van der Waals surface area contributed by atoms with Crippen LogP contribution in [0.4, 0.5) is 5.82 Å². The monoisotopic (exact) mass is 282 g/mol. The summed E-state index contributed by atoms with van der Waals surface area (Å²) in [5.41, 5.74) is 2.45. The minimum atomic E-state index is 0.274. The summed E-state index contributed by atoms with van der Waals surface area (Å²) in [5.74, 6) is 2.10. The van der Waals surface area contributed by atoms with Crippen LogP contribution in [0.1, 0.15) is 29.6 Å². The van der Waals surface area contributed by atoms with Crippen LogP contribution in [-0.4, -0.2) is 16.5 Å². The van der Waals surface area contributed by atoms with Gasteiger partial charge in [-0.1, -0.05) is 6.07 Å². The second kappa shape index (κ2) is 6.71. The van der Waals surface area contributed by atoms with E-state index >= 15 is 0 Å².